The molecule has 0 aliphatic heterocycles. The third kappa shape index (κ3) is 2.19. The molecule has 0 radical (unpaired) electrons. The highest BCUT2D eigenvalue weighted by molar-refractivity contribution is 7.92. The van der Waals surface area contributed by atoms with Crippen molar-refractivity contribution < 1.29 is 8.42 Å². The summed E-state index contributed by atoms with van der Waals surface area (Å²) in [6.45, 7) is 3.24. The summed E-state index contributed by atoms with van der Waals surface area (Å²) in [5.74, 6) is 0. The summed E-state index contributed by atoms with van der Waals surface area (Å²) < 4.78 is 23.2. The molecule has 0 bridgehead atoms. The lowest BCUT2D eigenvalue weighted by molar-refractivity contribution is 0.587. The molecule has 0 spiro atoms. The highest BCUT2D eigenvalue weighted by Gasteiger charge is 2.19. The Bertz CT molecular complexity index is 400. The molecule has 5 heteroatoms. The number of sulfone groups is 1. The van der Waals surface area contributed by atoms with Gasteiger partial charge in [0.2, 0.25) is 0 Å². The third-order valence-corrected chi connectivity index (χ3v) is 3.96. The molecular weight excluding hydrogens is 210 g/mol. The van der Waals surface area contributed by atoms with Crippen LogP contribution < -0.4 is 0 Å². The van der Waals surface area contributed by atoms with Gasteiger partial charge in [-0.25, -0.2) is 8.42 Å². The van der Waals surface area contributed by atoms with Crippen molar-refractivity contribution in [1.29, 1.82) is 0 Å². The van der Waals surface area contributed by atoms with Gasteiger partial charge in [-0.1, -0.05) is 11.6 Å². The van der Waals surface area contributed by atoms with E-state index in [1.807, 2.05) is 0 Å². The first-order valence-corrected chi connectivity index (χ1v) is 5.71. The fourth-order valence-electron chi connectivity index (χ4n) is 0.820. The Balaban J connectivity index is 3.24. The molecule has 0 unspecified atom stereocenters. The minimum absolute atomic E-state index is 0.176. The molecule has 1 aromatic rings. The largest absolute Gasteiger partial charge is 0.262 e. The van der Waals surface area contributed by atoms with E-state index in [-0.39, 0.29) is 4.90 Å². The molecule has 3 nitrogen and oxygen atoms in total. The van der Waals surface area contributed by atoms with Gasteiger partial charge < -0.3 is 0 Å². The van der Waals surface area contributed by atoms with Gasteiger partial charge in [-0.15, -0.1) is 0 Å². The van der Waals surface area contributed by atoms with Crippen molar-refractivity contribution in [3.63, 3.8) is 0 Å². The number of pyridine rings is 1. The van der Waals surface area contributed by atoms with Gasteiger partial charge in [0.15, 0.2) is 9.84 Å². The second kappa shape index (κ2) is 3.64. The van der Waals surface area contributed by atoms with Crippen molar-refractivity contribution in [3.8, 4) is 0 Å². The van der Waals surface area contributed by atoms with E-state index in [0.29, 0.717) is 5.02 Å². The van der Waals surface area contributed by atoms with Gasteiger partial charge in [0.05, 0.1) is 15.2 Å². The summed E-state index contributed by atoms with van der Waals surface area (Å²) >= 11 is 5.63. The molecular formula is C8H10ClNO2S. The van der Waals surface area contributed by atoms with Crippen LogP contribution in [0.15, 0.2) is 23.4 Å². The molecule has 0 saturated heterocycles. The maximum absolute atomic E-state index is 11.6. The first-order valence-electron chi connectivity index (χ1n) is 3.79. The van der Waals surface area contributed by atoms with E-state index >= 15 is 0 Å². The molecule has 0 amide bonds. The quantitative estimate of drug-likeness (QED) is 0.764. The number of hydrogen-bond acceptors (Lipinski definition) is 3. The van der Waals surface area contributed by atoms with Gasteiger partial charge in [0.25, 0.3) is 0 Å². The molecule has 1 rings (SSSR count). The molecule has 0 aliphatic carbocycles. The van der Waals surface area contributed by atoms with Crippen molar-refractivity contribution in [2.75, 3.05) is 0 Å². The van der Waals surface area contributed by atoms with Crippen molar-refractivity contribution in [1.82, 2.24) is 4.98 Å². The topological polar surface area (TPSA) is 47.0 Å². The monoisotopic (exact) mass is 219 g/mol. The molecule has 0 aromatic carbocycles. The van der Waals surface area contributed by atoms with E-state index in [2.05, 4.69) is 4.98 Å². The summed E-state index contributed by atoms with van der Waals surface area (Å²) in [6.07, 6.45) is 2.71. The van der Waals surface area contributed by atoms with Crippen LogP contribution in [0.5, 0.6) is 0 Å². The summed E-state index contributed by atoms with van der Waals surface area (Å²) in [5, 5.41) is -0.116. The SMILES string of the molecule is CC(C)S(=O)(=O)c1cncc(Cl)c1. The lowest BCUT2D eigenvalue weighted by Gasteiger charge is -2.06. The fraction of sp³-hybridized carbons (Fsp3) is 0.375. The Morgan fingerprint density at radius 3 is 2.46 bits per heavy atom. The van der Waals surface area contributed by atoms with E-state index in [1.165, 1.54) is 18.5 Å². The number of hydrogen-bond donors (Lipinski definition) is 0. The van der Waals surface area contributed by atoms with Gasteiger partial charge in [-0.2, -0.15) is 0 Å². The van der Waals surface area contributed by atoms with Crippen LogP contribution in [0.3, 0.4) is 0 Å². The third-order valence-electron chi connectivity index (χ3n) is 1.63. The van der Waals surface area contributed by atoms with Crippen LogP contribution in [0.2, 0.25) is 5.02 Å². The van der Waals surface area contributed by atoms with Crippen molar-refractivity contribution in [2.24, 2.45) is 0 Å². The zero-order valence-electron chi connectivity index (χ0n) is 7.36. The number of aromatic nitrogens is 1. The zero-order valence-corrected chi connectivity index (χ0v) is 8.93. The van der Waals surface area contributed by atoms with Crippen LogP contribution in [0.4, 0.5) is 0 Å². The molecule has 1 heterocycles. The maximum Gasteiger partial charge on any atom is 0.182 e. The number of halogens is 1. The van der Waals surface area contributed by atoms with E-state index in [4.69, 9.17) is 11.6 Å². The van der Waals surface area contributed by atoms with Gasteiger partial charge in [-0.3, -0.25) is 4.98 Å². The predicted molar refractivity (Wildman–Crippen MR) is 51.6 cm³/mol. The predicted octanol–water partition coefficient (Wildman–Crippen LogP) is 1.92. The van der Waals surface area contributed by atoms with Crippen LogP contribution in [0, 0.1) is 0 Å². The second-order valence-corrected chi connectivity index (χ2v) is 5.87. The first kappa shape index (κ1) is 10.5. The van der Waals surface area contributed by atoms with Crippen molar-refractivity contribution in [2.45, 2.75) is 24.0 Å². The summed E-state index contributed by atoms with van der Waals surface area (Å²) in [4.78, 5) is 3.90. The minimum atomic E-state index is -3.25. The Hall–Kier alpha value is -0.610. The summed E-state index contributed by atoms with van der Waals surface area (Å²) in [6, 6.07) is 1.41. The molecule has 1 aromatic heterocycles. The molecule has 13 heavy (non-hydrogen) atoms. The lowest BCUT2D eigenvalue weighted by atomic mass is 10.5. The van der Waals surface area contributed by atoms with Gasteiger partial charge in [-0.05, 0) is 19.9 Å². The van der Waals surface area contributed by atoms with Gasteiger partial charge in [0.1, 0.15) is 0 Å². The van der Waals surface area contributed by atoms with Crippen LogP contribution in [0.1, 0.15) is 13.8 Å². The minimum Gasteiger partial charge on any atom is -0.262 e. The van der Waals surface area contributed by atoms with Crippen molar-refractivity contribution in [3.05, 3.63) is 23.5 Å². The molecule has 0 fully saturated rings. The average molecular weight is 220 g/mol. The Morgan fingerprint density at radius 1 is 1.38 bits per heavy atom. The van der Waals surface area contributed by atoms with Gasteiger partial charge >= 0.3 is 0 Å². The zero-order chi connectivity index (χ0) is 10.1. The Kier molecular flexibility index (Phi) is 2.93. The van der Waals surface area contributed by atoms with E-state index in [0.717, 1.165) is 0 Å². The maximum atomic E-state index is 11.6. The summed E-state index contributed by atoms with van der Waals surface area (Å²) in [7, 11) is -3.25. The standard InChI is InChI=1S/C8H10ClNO2S/c1-6(2)13(11,12)8-3-7(9)4-10-5-8/h3-6H,1-2H3. The smallest absolute Gasteiger partial charge is 0.182 e. The van der Waals surface area contributed by atoms with E-state index < -0.39 is 15.1 Å². The first-order chi connectivity index (χ1) is 5.94. The van der Waals surface area contributed by atoms with Crippen LogP contribution in [-0.2, 0) is 9.84 Å². The van der Waals surface area contributed by atoms with E-state index in [1.54, 1.807) is 13.8 Å². The molecule has 72 valence electrons. The fourth-order valence-corrected chi connectivity index (χ4v) is 2.10. The average Bonchev–Trinajstić information content (AvgIpc) is 2.04. The Morgan fingerprint density at radius 2 is 2.00 bits per heavy atom. The number of rotatable bonds is 2. The van der Waals surface area contributed by atoms with Crippen LogP contribution >= 0.6 is 11.6 Å². The van der Waals surface area contributed by atoms with Crippen molar-refractivity contribution >= 4 is 21.4 Å². The van der Waals surface area contributed by atoms with Gasteiger partial charge in [0, 0.05) is 12.4 Å². The highest BCUT2D eigenvalue weighted by atomic mass is 35.5. The molecule has 0 atom stereocenters. The molecule has 0 N–H and O–H groups in total. The molecule has 0 saturated carbocycles. The summed E-state index contributed by atoms with van der Waals surface area (Å²) in [5.41, 5.74) is 0. The normalized spacial score (nSPS) is 12.0. The lowest BCUT2D eigenvalue weighted by Crippen LogP contribution is -2.14. The Labute approximate surface area is 82.7 Å². The van der Waals surface area contributed by atoms with E-state index in [9.17, 15) is 8.42 Å². The number of nitrogens with zero attached hydrogens (tertiary/aromatic N) is 1. The van der Waals surface area contributed by atoms with Crippen LogP contribution in [-0.4, -0.2) is 18.7 Å². The van der Waals surface area contributed by atoms with Crippen LogP contribution in [0.25, 0.3) is 0 Å². The molecule has 0 aliphatic rings. The highest BCUT2D eigenvalue weighted by Crippen LogP contribution is 2.17. The second-order valence-electron chi connectivity index (χ2n) is 2.93.